The first-order valence-electron chi connectivity index (χ1n) is 10.2. The SMILES string of the molecule is CCCCN1CCc2[nH]cnc2C12CCN(C(=O)C1CC(C)NN1)CC2. The van der Waals surface area contributed by atoms with Crippen LogP contribution in [0.2, 0.25) is 0 Å². The second-order valence-electron chi connectivity index (χ2n) is 8.16. The van der Waals surface area contributed by atoms with Crippen LogP contribution in [0.5, 0.6) is 0 Å². The number of H-pyrrole nitrogens is 1. The number of likely N-dealkylation sites (tertiary alicyclic amines) is 1. The number of fused-ring (bicyclic) bond motifs is 2. The van der Waals surface area contributed by atoms with Crippen molar-refractivity contribution in [2.75, 3.05) is 26.2 Å². The van der Waals surface area contributed by atoms with Crippen LogP contribution in [-0.4, -0.2) is 63.9 Å². The Hall–Kier alpha value is -1.44. The minimum atomic E-state index is -0.0810. The molecule has 4 heterocycles. The van der Waals surface area contributed by atoms with Gasteiger partial charge >= 0.3 is 0 Å². The molecular formula is C19H32N6O. The first-order chi connectivity index (χ1) is 12.6. The number of piperidine rings is 1. The Morgan fingerprint density at radius 2 is 2.12 bits per heavy atom. The molecule has 0 saturated carbocycles. The van der Waals surface area contributed by atoms with Gasteiger partial charge in [-0.2, -0.15) is 0 Å². The van der Waals surface area contributed by atoms with Gasteiger partial charge < -0.3 is 9.88 Å². The highest BCUT2D eigenvalue weighted by molar-refractivity contribution is 5.82. The van der Waals surface area contributed by atoms with Crippen LogP contribution in [0.4, 0.5) is 0 Å². The Morgan fingerprint density at radius 3 is 2.81 bits per heavy atom. The summed E-state index contributed by atoms with van der Waals surface area (Å²) in [6.07, 6.45) is 8.17. The summed E-state index contributed by atoms with van der Waals surface area (Å²) in [5.74, 6) is 0.245. The number of hydrogen-bond acceptors (Lipinski definition) is 5. The number of carbonyl (C=O) groups excluding carboxylic acids is 1. The smallest absolute Gasteiger partial charge is 0.241 e. The number of nitrogens with one attached hydrogen (secondary N) is 3. The number of aromatic amines is 1. The number of rotatable bonds is 4. The molecule has 7 nitrogen and oxygen atoms in total. The highest BCUT2D eigenvalue weighted by atomic mass is 16.2. The van der Waals surface area contributed by atoms with Gasteiger partial charge in [0.1, 0.15) is 6.04 Å². The molecule has 1 aromatic rings. The summed E-state index contributed by atoms with van der Waals surface area (Å²) in [7, 11) is 0. The zero-order valence-corrected chi connectivity index (χ0v) is 16.1. The van der Waals surface area contributed by atoms with Crippen LogP contribution in [0.25, 0.3) is 0 Å². The molecule has 7 heteroatoms. The highest BCUT2D eigenvalue weighted by Crippen LogP contribution is 2.42. The normalized spacial score (nSPS) is 28.5. The Balaban J connectivity index is 1.49. The maximum atomic E-state index is 12.9. The van der Waals surface area contributed by atoms with Crippen molar-refractivity contribution in [3.05, 3.63) is 17.7 Å². The van der Waals surface area contributed by atoms with Crippen molar-refractivity contribution in [3.8, 4) is 0 Å². The molecule has 3 aliphatic rings. The number of imidazole rings is 1. The van der Waals surface area contributed by atoms with Gasteiger partial charge in [0.25, 0.3) is 0 Å². The summed E-state index contributed by atoms with van der Waals surface area (Å²) >= 11 is 0. The third-order valence-electron chi connectivity index (χ3n) is 6.47. The maximum Gasteiger partial charge on any atom is 0.241 e. The largest absolute Gasteiger partial charge is 0.348 e. The Labute approximate surface area is 155 Å². The second-order valence-corrected chi connectivity index (χ2v) is 8.16. The zero-order valence-electron chi connectivity index (χ0n) is 16.1. The molecule has 2 fully saturated rings. The van der Waals surface area contributed by atoms with Gasteiger partial charge in [0.2, 0.25) is 5.91 Å². The van der Waals surface area contributed by atoms with Crippen molar-refractivity contribution in [1.82, 2.24) is 30.6 Å². The summed E-state index contributed by atoms with van der Waals surface area (Å²) < 4.78 is 0. The first kappa shape index (κ1) is 17.9. The van der Waals surface area contributed by atoms with E-state index in [0.29, 0.717) is 6.04 Å². The summed E-state index contributed by atoms with van der Waals surface area (Å²) in [6, 6.07) is 0.275. The predicted octanol–water partition coefficient (Wildman–Crippen LogP) is 1.14. The van der Waals surface area contributed by atoms with Crippen molar-refractivity contribution in [2.24, 2.45) is 0 Å². The predicted molar refractivity (Wildman–Crippen MR) is 100 cm³/mol. The summed E-state index contributed by atoms with van der Waals surface area (Å²) in [5.41, 5.74) is 8.86. The van der Waals surface area contributed by atoms with Crippen molar-refractivity contribution in [3.63, 3.8) is 0 Å². The van der Waals surface area contributed by atoms with E-state index in [1.54, 1.807) is 0 Å². The minimum Gasteiger partial charge on any atom is -0.348 e. The third kappa shape index (κ3) is 3.06. The van der Waals surface area contributed by atoms with Gasteiger partial charge in [0, 0.05) is 37.8 Å². The van der Waals surface area contributed by atoms with Crippen LogP contribution in [0.1, 0.15) is 57.3 Å². The summed E-state index contributed by atoms with van der Waals surface area (Å²) in [4.78, 5) is 25.6. The number of aromatic nitrogens is 2. The lowest BCUT2D eigenvalue weighted by Crippen LogP contribution is -2.58. The number of amides is 1. The maximum absolute atomic E-state index is 12.9. The molecule has 1 amide bonds. The van der Waals surface area contributed by atoms with Crippen LogP contribution in [0.15, 0.2) is 6.33 Å². The van der Waals surface area contributed by atoms with Gasteiger partial charge in [-0.25, -0.2) is 10.4 Å². The van der Waals surface area contributed by atoms with Crippen LogP contribution in [0.3, 0.4) is 0 Å². The van der Waals surface area contributed by atoms with Crippen molar-refractivity contribution in [2.45, 2.75) is 70.0 Å². The molecule has 0 radical (unpaired) electrons. The number of hydrogen-bond donors (Lipinski definition) is 3. The lowest BCUT2D eigenvalue weighted by molar-refractivity contribution is -0.136. The lowest BCUT2D eigenvalue weighted by Gasteiger charge is -2.51. The van der Waals surface area contributed by atoms with Gasteiger partial charge in [0.05, 0.1) is 17.6 Å². The number of carbonyl (C=O) groups is 1. The van der Waals surface area contributed by atoms with E-state index in [2.05, 4.69) is 39.5 Å². The van der Waals surface area contributed by atoms with E-state index in [4.69, 9.17) is 4.98 Å². The molecule has 1 spiro atoms. The molecule has 2 unspecified atom stereocenters. The van der Waals surface area contributed by atoms with E-state index < -0.39 is 0 Å². The minimum absolute atomic E-state index is 0.00811. The van der Waals surface area contributed by atoms with E-state index in [9.17, 15) is 4.79 Å². The fourth-order valence-corrected chi connectivity index (χ4v) is 4.95. The molecule has 0 aromatic carbocycles. The summed E-state index contributed by atoms with van der Waals surface area (Å²) in [5, 5.41) is 0. The third-order valence-corrected chi connectivity index (χ3v) is 6.47. The van der Waals surface area contributed by atoms with E-state index >= 15 is 0 Å². The molecule has 3 N–H and O–H groups in total. The molecular weight excluding hydrogens is 328 g/mol. The van der Waals surface area contributed by atoms with Gasteiger partial charge in [0.15, 0.2) is 0 Å². The molecule has 2 saturated heterocycles. The quantitative estimate of drug-likeness (QED) is 0.751. The van der Waals surface area contributed by atoms with E-state index in [0.717, 1.165) is 51.9 Å². The molecule has 0 bridgehead atoms. The van der Waals surface area contributed by atoms with Crippen molar-refractivity contribution in [1.29, 1.82) is 0 Å². The highest BCUT2D eigenvalue weighted by Gasteiger charge is 2.47. The molecule has 26 heavy (non-hydrogen) atoms. The average Bonchev–Trinajstić information content (AvgIpc) is 3.31. The van der Waals surface area contributed by atoms with Crippen LogP contribution in [-0.2, 0) is 16.8 Å². The zero-order chi connectivity index (χ0) is 18.1. The van der Waals surface area contributed by atoms with Crippen molar-refractivity contribution < 1.29 is 4.79 Å². The van der Waals surface area contributed by atoms with E-state index in [1.807, 2.05) is 6.33 Å². The Kier molecular flexibility index (Phi) is 5.03. The number of unbranched alkanes of at least 4 members (excludes halogenated alkanes) is 1. The van der Waals surface area contributed by atoms with Gasteiger partial charge in [-0.1, -0.05) is 13.3 Å². The molecule has 2 atom stereocenters. The standard InChI is InChI=1S/C19H32N6O/c1-3-4-8-25-9-5-15-17(21-13-20-15)19(25)6-10-24(11-7-19)18(26)16-12-14(2)22-23-16/h13-14,16,22-23H,3-12H2,1-2H3,(H,20,21). The molecule has 3 aliphatic heterocycles. The average molecular weight is 361 g/mol. The first-order valence-corrected chi connectivity index (χ1v) is 10.2. The number of nitrogens with zero attached hydrogens (tertiary/aromatic N) is 3. The Bertz CT molecular complexity index is 636. The topological polar surface area (TPSA) is 76.3 Å². The van der Waals surface area contributed by atoms with Crippen LogP contribution >= 0.6 is 0 Å². The van der Waals surface area contributed by atoms with E-state index in [-0.39, 0.29) is 17.5 Å². The second kappa shape index (κ2) is 7.29. The number of hydrazine groups is 1. The molecule has 0 aliphatic carbocycles. The van der Waals surface area contributed by atoms with Crippen LogP contribution in [0, 0.1) is 0 Å². The summed E-state index contributed by atoms with van der Waals surface area (Å²) in [6.45, 7) is 8.22. The van der Waals surface area contributed by atoms with Crippen molar-refractivity contribution >= 4 is 5.91 Å². The molecule has 144 valence electrons. The van der Waals surface area contributed by atoms with Gasteiger partial charge in [-0.05, 0) is 39.2 Å². The molecule has 4 rings (SSSR count). The fraction of sp³-hybridized carbons (Fsp3) is 0.789. The van der Waals surface area contributed by atoms with E-state index in [1.165, 1.54) is 24.2 Å². The Morgan fingerprint density at radius 1 is 1.31 bits per heavy atom. The van der Waals surface area contributed by atoms with Gasteiger partial charge in [-0.15, -0.1) is 0 Å². The van der Waals surface area contributed by atoms with Crippen LogP contribution < -0.4 is 10.9 Å². The van der Waals surface area contributed by atoms with Gasteiger partial charge in [-0.3, -0.25) is 15.1 Å². The fourth-order valence-electron chi connectivity index (χ4n) is 4.95. The monoisotopic (exact) mass is 360 g/mol. The lowest BCUT2D eigenvalue weighted by atomic mass is 9.78. The molecule has 1 aromatic heterocycles.